The van der Waals surface area contributed by atoms with Crippen molar-refractivity contribution >= 4 is 5.97 Å². The SMILES string of the molecule is CC[C@H](CC[C@@H](C)[C@H]1CC[C@H]2[C@@H]3CC=C4C[C@@H](OC(=O)C(C)C)CC[C@]4(C)[C@H]3CC[C@]12C)C(C)C. The molecule has 3 saturated carbocycles. The Hall–Kier alpha value is -0.790. The minimum atomic E-state index is -0.0278. The first-order chi connectivity index (χ1) is 16.5. The molecule has 4 aliphatic carbocycles. The summed E-state index contributed by atoms with van der Waals surface area (Å²) in [4.78, 5) is 12.2. The van der Waals surface area contributed by atoms with Crippen molar-refractivity contribution < 1.29 is 9.53 Å². The van der Waals surface area contributed by atoms with Crippen LogP contribution < -0.4 is 0 Å². The molecule has 0 amide bonds. The Morgan fingerprint density at radius 1 is 1.00 bits per heavy atom. The summed E-state index contributed by atoms with van der Waals surface area (Å²) in [5.74, 6) is 6.07. The second kappa shape index (κ2) is 10.5. The maximum Gasteiger partial charge on any atom is 0.308 e. The molecule has 0 aliphatic heterocycles. The third kappa shape index (κ3) is 5.03. The fourth-order valence-electron chi connectivity index (χ4n) is 9.69. The number of carbonyl (C=O) groups is 1. The second-order valence-corrected chi connectivity index (χ2v) is 14.4. The van der Waals surface area contributed by atoms with Crippen molar-refractivity contribution in [2.24, 2.45) is 58.2 Å². The van der Waals surface area contributed by atoms with Gasteiger partial charge in [-0.1, -0.05) is 79.9 Å². The van der Waals surface area contributed by atoms with Crippen molar-refractivity contribution in [1.29, 1.82) is 0 Å². The molecule has 0 N–H and O–H groups in total. The molecule has 0 heterocycles. The van der Waals surface area contributed by atoms with Crippen LogP contribution in [0.15, 0.2) is 11.6 Å². The average molecular weight is 485 g/mol. The molecule has 0 spiro atoms. The van der Waals surface area contributed by atoms with E-state index in [4.69, 9.17) is 4.74 Å². The minimum absolute atomic E-state index is 0.0221. The molecule has 0 aromatic heterocycles. The first-order valence-corrected chi connectivity index (χ1v) is 15.4. The molecule has 0 saturated heterocycles. The van der Waals surface area contributed by atoms with Crippen molar-refractivity contribution in [1.82, 2.24) is 0 Å². The summed E-state index contributed by atoms with van der Waals surface area (Å²) in [5, 5.41) is 0. The van der Waals surface area contributed by atoms with E-state index in [-0.39, 0.29) is 18.0 Å². The summed E-state index contributed by atoms with van der Waals surface area (Å²) in [6.07, 6.45) is 17.2. The van der Waals surface area contributed by atoms with E-state index in [1.165, 1.54) is 57.8 Å². The predicted molar refractivity (Wildman–Crippen MR) is 147 cm³/mol. The molecule has 3 fully saturated rings. The highest BCUT2D eigenvalue weighted by Crippen LogP contribution is 2.67. The van der Waals surface area contributed by atoms with Crippen LogP contribution >= 0.6 is 0 Å². The third-order valence-corrected chi connectivity index (χ3v) is 12.0. The van der Waals surface area contributed by atoms with E-state index >= 15 is 0 Å². The lowest BCUT2D eigenvalue weighted by atomic mass is 9.47. The number of esters is 1. The van der Waals surface area contributed by atoms with Crippen LogP contribution in [0.3, 0.4) is 0 Å². The van der Waals surface area contributed by atoms with Gasteiger partial charge < -0.3 is 4.74 Å². The van der Waals surface area contributed by atoms with Gasteiger partial charge in [-0.3, -0.25) is 4.79 Å². The highest BCUT2D eigenvalue weighted by molar-refractivity contribution is 5.71. The Bertz CT molecular complexity index is 780. The Morgan fingerprint density at radius 3 is 2.40 bits per heavy atom. The van der Waals surface area contributed by atoms with Gasteiger partial charge in [0.15, 0.2) is 0 Å². The summed E-state index contributed by atoms with van der Waals surface area (Å²) in [7, 11) is 0. The highest BCUT2D eigenvalue weighted by atomic mass is 16.5. The van der Waals surface area contributed by atoms with Crippen LogP contribution in [0.2, 0.25) is 0 Å². The third-order valence-electron chi connectivity index (χ3n) is 12.0. The normalized spacial score (nSPS) is 40.5. The van der Waals surface area contributed by atoms with Gasteiger partial charge in [0.1, 0.15) is 6.10 Å². The molecule has 0 unspecified atom stereocenters. The number of ether oxygens (including phenoxy) is 1. The van der Waals surface area contributed by atoms with Crippen LogP contribution in [0.4, 0.5) is 0 Å². The zero-order valence-corrected chi connectivity index (χ0v) is 24.4. The van der Waals surface area contributed by atoms with Gasteiger partial charge in [0.25, 0.3) is 0 Å². The van der Waals surface area contributed by atoms with Crippen LogP contribution in [0, 0.1) is 58.2 Å². The van der Waals surface area contributed by atoms with Gasteiger partial charge in [0, 0.05) is 6.42 Å². The zero-order valence-electron chi connectivity index (χ0n) is 24.4. The molecule has 0 radical (unpaired) electrons. The fraction of sp³-hybridized carbons (Fsp3) is 0.909. The van der Waals surface area contributed by atoms with E-state index in [1.807, 2.05) is 13.8 Å². The Labute approximate surface area is 217 Å². The van der Waals surface area contributed by atoms with Crippen molar-refractivity contribution in [3.8, 4) is 0 Å². The van der Waals surface area contributed by atoms with Gasteiger partial charge in [0.2, 0.25) is 0 Å². The lowest BCUT2D eigenvalue weighted by molar-refractivity contribution is -0.155. The molecule has 0 aromatic rings. The first-order valence-electron chi connectivity index (χ1n) is 15.4. The molecular formula is C33H56O2. The van der Waals surface area contributed by atoms with Crippen LogP contribution in [0.25, 0.3) is 0 Å². The van der Waals surface area contributed by atoms with Crippen molar-refractivity contribution in [3.63, 3.8) is 0 Å². The van der Waals surface area contributed by atoms with Gasteiger partial charge in [-0.2, -0.15) is 0 Å². The summed E-state index contributed by atoms with van der Waals surface area (Å²) in [6, 6.07) is 0. The number of rotatable bonds is 8. The zero-order chi connectivity index (χ0) is 25.5. The Morgan fingerprint density at radius 2 is 1.74 bits per heavy atom. The van der Waals surface area contributed by atoms with Gasteiger partial charge in [0.05, 0.1) is 5.92 Å². The van der Waals surface area contributed by atoms with E-state index < -0.39 is 0 Å². The molecule has 4 rings (SSSR count). The standard InChI is InChI=1S/C33H56O2/c1-9-24(21(2)3)11-10-23(6)28-14-15-29-27-13-12-25-20-26(35-31(34)22(4)5)16-18-32(25,7)30(27)17-19-33(28,29)8/h12,21-24,26-30H,9-11,13-20H2,1-8H3/t23-,24-,26+,27+,28-,29+,30+,32+,33-/m1/s1. The number of hydrogen-bond donors (Lipinski definition) is 0. The van der Waals surface area contributed by atoms with Crippen molar-refractivity contribution in [3.05, 3.63) is 11.6 Å². The summed E-state index contributed by atoms with van der Waals surface area (Å²) in [5.41, 5.74) is 2.50. The number of allylic oxidation sites excluding steroid dienone is 1. The van der Waals surface area contributed by atoms with Crippen LogP contribution in [-0.2, 0) is 9.53 Å². The topological polar surface area (TPSA) is 26.3 Å². The molecular weight excluding hydrogens is 428 g/mol. The Kier molecular flexibility index (Phi) is 8.20. The quantitative estimate of drug-likeness (QED) is 0.253. The maximum atomic E-state index is 12.2. The molecule has 0 bridgehead atoms. The van der Waals surface area contributed by atoms with Gasteiger partial charge in [-0.05, 0) is 104 Å². The number of hydrogen-bond acceptors (Lipinski definition) is 2. The average Bonchev–Trinajstić information content (AvgIpc) is 3.16. The fourth-order valence-corrected chi connectivity index (χ4v) is 9.69. The largest absolute Gasteiger partial charge is 0.462 e. The lowest BCUT2D eigenvalue weighted by Gasteiger charge is -2.58. The molecule has 200 valence electrons. The first kappa shape index (κ1) is 27.3. The van der Waals surface area contributed by atoms with Crippen LogP contribution in [0.1, 0.15) is 126 Å². The summed E-state index contributed by atoms with van der Waals surface area (Å²) >= 11 is 0. The predicted octanol–water partition coefficient (Wildman–Crippen LogP) is 9.23. The van der Waals surface area contributed by atoms with Gasteiger partial charge >= 0.3 is 5.97 Å². The molecule has 4 aliphatic rings. The highest BCUT2D eigenvalue weighted by Gasteiger charge is 2.59. The molecule has 2 heteroatoms. The van der Waals surface area contributed by atoms with E-state index in [2.05, 4.69) is 47.6 Å². The van der Waals surface area contributed by atoms with E-state index in [0.29, 0.717) is 10.8 Å². The molecule has 35 heavy (non-hydrogen) atoms. The van der Waals surface area contributed by atoms with Crippen molar-refractivity contribution in [2.45, 2.75) is 132 Å². The Balaban J connectivity index is 1.44. The lowest BCUT2D eigenvalue weighted by Crippen LogP contribution is -2.51. The maximum absolute atomic E-state index is 12.2. The van der Waals surface area contributed by atoms with Crippen LogP contribution in [0.5, 0.6) is 0 Å². The smallest absolute Gasteiger partial charge is 0.308 e. The van der Waals surface area contributed by atoms with Crippen molar-refractivity contribution in [2.75, 3.05) is 0 Å². The van der Waals surface area contributed by atoms with Gasteiger partial charge in [-0.15, -0.1) is 0 Å². The minimum Gasteiger partial charge on any atom is -0.462 e. The molecule has 2 nitrogen and oxygen atoms in total. The van der Waals surface area contributed by atoms with E-state index in [0.717, 1.165) is 54.3 Å². The number of carbonyl (C=O) groups excluding carboxylic acids is 1. The van der Waals surface area contributed by atoms with E-state index in [9.17, 15) is 4.79 Å². The monoisotopic (exact) mass is 484 g/mol. The number of fused-ring (bicyclic) bond motifs is 5. The summed E-state index contributed by atoms with van der Waals surface area (Å²) < 4.78 is 5.89. The summed E-state index contributed by atoms with van der Waals surface area (Å²) in [6.45, 7) is 19.0. The molecule has 0 aromatic carbocycles. The van der Waals surface area contributed by atoms with Crippen LogP contribution in [-0.4, -0.2) is 12.1 Å². The van der Waals surface area contributed by atoms with Gasteiger partial charge in [-0.25, -0.2) is 0 Å². The second-order valence-electron chi connectivity index (χ2n) is 14.4. The van der Waals surface area contributed by atoms with E-state index in [1.54, 1.807) is 5.57 Å². The molecule has 9 atom stereocenters.